The summed E-state index contributed by atoms with van der Waals surface area (Å²) in [5, 5.41) is 15.2. The summed E-state index contributed by atoms with van der Waals surface area (Å²) in [6.45, 7) is 5.74. The fraction of sp³-hybridized carbons (Fsp3) is 0.450. The molecule has 1 atom stereocenters. The molecule has 8 nitrogen and oxygen atoms in total. The predicted molar refractivity (Wildman–Crippen MR) is 110 cm³/mol. The van der Waals surface area contributed by atoms with Crippen LogP contribution in [0.2, 0.25) is 0 Å². The molecule has 0 bridgehead atoms. The lowest BCUT2D eigenvalue weighted by atomic mass is 10.0. The van der Waals surface area contributed by atoms with Crippen molar-refractivity contribution < 1.29 is 23.4 Å². The van der Waals surface area contributed by atoms with Crippen molar-refractivity contribution in [3.8, 4) is 5.88 Å². The third kappa shape index (κ3) is 4.07. The molecular weight excluding hydrogens is 428 g/mol. The van der Waals surface area contributed by atoms with E-state index in [0.29, 0.717) is 60.4 Å². The van der Waals surface area contributed by atoms with Crippen LogP contribution in [0.15, 0.2) is 18.2 Å². The fourth-order valence-corrected chi connectivity index (χ4v) is 4.84. The van der Waals surface area contributed by atoms with Gasteiger partial charge in [0.15, 0.2) is 17.5 Å². The van der Waals surface area contributed by atoms with E-state index in [-0.39, 0.29) is 12.0 Å². The number of nitrogens with zero attached hydrogens (tertiary/aromatic N) is 5. The molecule has 4 rings (SSSR count). The summed E-state index contributed by atoms with van der Waals surface area (Å²) in [7, 11) is 0. The molecular formula is C20H23F2N5O3S. The van der Waals surface area contributed by atoms with Crippen molar-refractivity contribution in [1.82, 2.24) is 24.4 Å². The van der Waals surface area contributed by atoms with E-state index < -0.39 is 17.7 Å². The highest BCUT2D eigenvalue weighted by atomic mass is 32.1. The maximum absolute atomic E-state index is 14.1. The summed E-state index contributed by atoms with van der Waals surface area (Å²) >= 11 is 1.26. The number of rotatable bonds is 5. The number of carbonyl (C=O) groups excluding carboxylic acids is 1. The van der Waals surface area contributed by atoms with Crippen LogP contribution in [-0.4, -0.2) is 68.4 Å². The van der Waals surface area contributed by atoms with Crippen molar-refractivity contribution in [2.24, 2.45) is 0 Å². The highest BCUT2D eigenvalue weighted by molar-refractivity contribution is 7.17. The van der Waals surface area contributed by atoms with E-state index in [9.17, 15) is 18.7 Å². The summed E-state index contributed by atoms with van der Waals surface area (Å²) < 4.78 is 34.1. The van der Waals surface area contributed by atoms with Crippen LogP contribution in [0.5, 0.6) is 5.88 Å². The molecule has 0 saturated carbocycles. The Morgan fingerprint density at radius 3 is 2.58 bits per heavy atom. The summed E-state index contributed by atoms with van der Waals surface area (Å²) in [4.78, 5) is 21.1. The van der Waals surface area contributed by atoms with Gasteiger partial charge in [-0.3, -0.25) is 4.90 Å². The molecule has 1 unspecified atom stereocenters. The van der Waals surface area contributed by atoms with E-state index in [1.807, 2.05) is 11.8 Å². The molecule has 3 heterocycles. The van der Waals surface area contributed by atoms with Crippen LogP contribution in [-0.2, 0) is 11.2 Å². The Hall–Kier alpha value is -2.79. The van der Waals surface area contributed by atoms with E-state index in [2.05, 4.69) is 10.1 Å². The molecule has 1 fully saturated rings. The van der Waals surface area contributed by atoms with Gasteiger partial charge in [-0.1, -0.05) is 24.3 Å². The van der Waals surface area contributed by atoms with E-state index in [0.717, 1.165) is 12.1 Å². The minimum atomic E-state index is -0.958. The zero-order chi connectivity index (χ0) is 22.1. The van der Waals surface area contributed by atoms with Crippen LogP contribution < -0.4 is 0 Å². The Morgan fingerprint density at radius 1 is 1.23 bits per heavy atom. The molecule has 3 aromatic rings. The number of benzene rings is 1. The van der Waals surface area contributed by atoms with E-state index in [1.54, 1.807) is 11.8 Å². The van der Waals surface area contributed by atoms with E-state index in [4.69, 9.17) is 4.74 Å². The Morgan fingerprint density at radius 2 is 1.97 bits per heavy atom. The number of aromatic hydroxyl groups is 1. The largest absolute Gasteiger partial charge is 0.492 e. The average Bonchev–Trinajstić information content (AvgIpc) is 3.31. The third-order valence-corrected chi connectivity index (χ3v) is 6.35. The van der Waals surface area contributed by atoms with Crippen molar-refractivity contribution >= 4 is 22.4 Å². The van der Waals surface area contributed by atoms with Crippen LogP contribution in [0.1, 0.15) is 36.2 Å². The number of amides is 1. The molecule has 166 valence electrons. The number of thiazole rings is 1. The fourth-order valence-electron chi connectivity index (χ4n) is 3.71. The standard InChI is InChI=1S/C20H23F2N5O3S/c1-3-15-23-19-27(24-15)18(28)17(31-19)16(12-5-6-13(21)14(22)11-12)25-7-9-26(10-8-25)20(29)30-4-2/h5-6,11,16,28H,3-4,7-10H2,1-2H3. The normalized spacial score (nSPS) is 16.1. The number of aryl methyl sites for hydroxylation is 1. The molecule has 1 saturated heterocycles. The number of hydrogen-bond donors (Lipinski definition) is 1. The number of piperazine rings is 1. The highest BCUT2D eigenvalue weighted by Gasteiger charge is 2.33. The zero-order valence-electron chi connectivity index (χ0n) is 17.2. The minimum Gasteiger partial charge on any atom is -0.492 e. The van der Waals surface area contributed by atoms with Gasteiger partial charge in [-0.2, -0.15) is 4.52 Å². The predicted octanol–water partition coefficient (Wildman–Crippen LogP) is 3.20. The van der Waals surface area contributed by atoms with Gasteiger partial charge in [-0.15, -0.1) is 5.10 Å². The second-order valence-corrected chi connectivity index (χ2v) is 8.17. The van der Waals surface area contributed by atoms with Crippen molar-refractivity contribution in [1.29, 1.82) is 0 Å². The number of ether oxygens (including phenoxy) is 1. The van der Waals surface area contributed by atoms with Crippen LogP contribution in [0.4, 0.5) is 13.6 Å². The van der Waals surface area contributed by atoms with Crippen molar-refractivity contribution in [3.05, 3.63) is 46.1 Å². The van der Waals surface area contributed by atoms with Gasteiger partial charge < -0.3 is 14.7 Å². The Kier molecular flexibility index (Phi) is 6.05. The van der Waals surface area contributed by atoms with Crippen molar-refractivity contribution in [3.63, 3.8) is 0 Å². The molecule has 31 heavy (non-hydrogen) atoms. The van der Waals surface area contributed by atoms with Gasteiger partial charge in [0.2, 0.25) is 10.8 Å². The quantitative estimate of drug-likeness (QED) is 0.642. The topological polar surface area (TPSA) is 83.2 Å². The molecule has 2 aromatic heterocycles. The summed E-state index contributed by atoms with van der Waals surface area (Å²) in [6.07, 6.45) is 0.256. The van der Waals surface area contributed by atoms with Gasteiger partial charge in [-0.05, 0) is 24.6 Å². The smallest absolute Gasteiger partial charge is 0.409 e. The molecule has 1 aliphatic rings. The molecule has 1 amide bonds. The zero-order valence-corrected chi connectivity index (χ0v) is 18.0. The molecule has 1 aliphatic heterocycles. The lowest BCUT2D eigenvalue weighted by molar-refractivity contribution is 0.0715. The maximum atomic E-state index is 14.1. The SMILES string of the molecule is CCOC(=O)N1CCN(C(c2ccc(F)c(F)c2)c2sc3nc(CC)nn3c2O)CC1. The van der Waals surface area contributed by atoms with Crippen LogP contribution in [0, 0.1) is 11.6 Å². The second-order valence-electron chi connectivity index (χ2n) is 7.16. The Bertz CT molecular complexity index is 1090. The van der Waals surface area contributed by atoms with Gasteiger partial charge in [0.05, 0.1) is 17.5 Å². The highest BCUT2D eigenvalue weighted by Crippen LogP contribution is 2.40. The second kappa shape index (κ2) is 8.75. The first-order valence-electron chi connectivity index (χ1n) is 10.1. The molecule has 11 heteroatoms. The summed E-state index contributed by atoms with van der Waals surface area (Å²) in [6, 6.07) is 3.19. The van der Waals surface area contributed by atoms with E-state index >= 15 is 0 Å². The summed E-state index contributed by atoms with van der Waals surface area (Å²) in [5.74, 6) is -1.36. The van der Waals surface area contributed by atoms with Gasteiger partial charge in [0.25, 0.3) is 0 Å². The number of halogens is 2. The van der Waals surface area contributed by atoms with Crippen LogP contribution in [0.25, 0.3) is 4.96 Å². The number of aromatic nitrogens is 3. The average molecular weight is 451 g/mol. The van der Waals surface area contributed by atoms with Gasteiger partial charge in [-0.25, -0.2) is 18.6 Å². The van der Waals surface area contributed by atoms with Crippen molar-refractivity contribution in [2.45, 2.75) is 26.3 Å². The van der Waals surface area contributed by atoms with E-state index in [1.165, 1.54) is 21.9 Å². The first kappa shape index (κ1) is 21.4. The lowest BCUT2D eigenvalue weighted by Crippen LogP contribution is -2.50. The number of carbonyl (C=O) groups is 1. The Labute approximate surface area is 181 Å². The summed E-state index contributed by atoms with van der Waals surface area (Å²) in [5.41, 5.74) is 0.499. The molecule has 0 radical (unpaired) electrons. The molecule has 1 aromatic carbocycles. The monoisotopic (exact) mass is 451 g/mol. The molecule has 0 spiro atoms. The Balaban J connectivity index is 1.69. The van der Waals surface area contributed by atoms with Crippen molar-refractivity contribution in [2.75, 3.05) is 32.8 Å². The van der Waals surface area contributed by atoms with Gasteiger partial charge in [0.1, 0.15) is 0 Å². The first-order valence-corrected chi connectivity index (χ1v) is 10.9. The number of fused-ring (bicyclic) bond motifs is 1. The molecule has 1 N–H and O–H groups in total. The van der Waals surface area contributed by atoms with Crippen LogP contribution in [0.3, 0.4) is 0 Å². The van der Waals surface area contributed by atoms with Gasteiger partial charge in [0, 0.05) is 32.6 Å². The van der Waals surface area contributed by atoms with Gasteiger partial charge >= 0.3 is 6.09 Å². The van der Waals surface area contributed by atoms with Crippen LogP contribution >= 0.6 is 11.3 Å². The minimum absolute atomic E-state index is 0.0743. The first-order chi connectivity index (χ1) is 14.9. The third-order valence-electron chi connectivity index (χ3n) is 5.27. The lowest BCUT2D eigenvalue weighted by Gasteiger charge is -2.38. The molecule has 0 aliphatic carbocycles. The number of hydrogen-bond acceptors (Lipinski definition) is 7. The maximum Gasteiger partial charge on any atom is 0.409 e.